The third-order valence-electron chi connectivity index (χ3n) is 2.35. The van der Waals surface area contributed by atoms with Crippen LogP contribution in [-0.4, -0.2) is 14.9 Å². The van der Waals surface area contributed by atoms with Gasteiger partial charge < -0.3 is 5.11 Å². The van der Waals surface area contributed by atoms with Crippen LogP contribution >= 0.6 is 15.9 Å². The quantitative estimate of drug-likeness (QED) is 0.864. The Balaban J connectivity index is 2.82. The van der Waals surface area contributed by atoms with Crippen molar-refractivity contribution in [3.8, 4) is 0 Å². The van der Waals surface area contributed by atoms with Crippen LogP contribution in [0.15, 0.2) is 22.8 Å². The molecule has 0 unspecified atom stereocenters. The molecule has 2 rings (SSSR count). The molecule has 0 radical (unpaired) electrons. The Morgan fingerprint density at radius 1 is 1.40 bits per heavy atom. The standard InChI is InChI=1S/C11H13BrN2O/c1-11(2,15)9-5-8(12)4-7-6-14(3)13-10(7)9/h4-6,15H,1-3H3. The first-order chi connectivity index (χ1) is 6.88. The van der Waals surface area contributed by atoms with E-state index in [9.17, 15) is 5.11 Å². The van der Waals surface area contributed by atoms with Crippen LogP contribution in [-0.2, 0) is 12.6 Å². The van der Waals surface area contributed by atoms with Crippen molar-refractivity contribution < 1.29 is 5.11 Å². The summed E-state index contributed by atoms with van der Waals surface area (Å²) in [6.45, 7) is 3.53. The van der Waals surface area contributed by atoms with Gasteiger partial charge in [0.05, 0.1) is 11.1 Å². The SMILES string of the molecule is Cn1cc2cc(Br)cc(C(C)(C)O)c2n1. The van der Waals surface area contributed by atoms with Crippen LogP contribution in [0.3, 0.4) is 0 Å². The van der Waals surface area contributed by atoms with Gasteiger partial charge in [0.2, 0.25) is 0 Å². The van der Waals surface area contributed by atoms with Crippen molar-refractivity contribution in [1.29, 1.82) is 0 Å². The van der Waals surface area contributed by atoms with Crippen LogP contribution in [0.2, 0.25) is 0 Å². The molecule has 3 nitrogen and oxygen atoms in total. The summed E-state index contributed by atoms with van der Waals surface area (Å²) in [5.74, 6) is 0. The van der Waals surface area contributed by atoms with Gasteiger partial charge in [0.1, 0.15) is 0 Å². The molecule has 0 aliphatic rings. The van der Waals surface area contributed by atoms with E-state index in [1.54, 1.807) is 18.5 Å². The predicted octanol–water partition coefficient (Wildman–Crippen LogP) is 2.56. The number of fused-ring (bicyclic) bond motifs is 1. The van der Waals surface area contributed by atoms with Crippen LogP contribution < -0.4 is 0 Å². The molecule has 0 amide bonds. The first kappa shape index (κ1) is 10.6. The van der Waals surface area contributed by atoms with Gasteiger partial charge in [0.15, 0.2) is 0 Å². The molecular formula is C11H13BrN2O. The highest BCUT2D eigenvalue weighted by Gasteiger charge is 2.21. The number of aromatic nitrogens is 2. The highest BCUT2D eigenvalue weighted by Crippen LogP contribution is 2.30. The third-order valence-corrected chi connectivity index (χ3v) is 2.80. The summed E-state index contributed by atoms with van der Waals surface area (Å²) in [6.07, 6.45) is 1.94. The Hall–Kier alpha value is -0.870. The Morgan fingerprint density at radius 2 is 2.07 bits per heavy atom. The molecule has 1 aromatic carbocycles. The van der Waals surface area contributed by atoms with E-state index in [-0.39, 0.29) is 0 Å². The fraction of sp³-hybridized carbons (Fsp3) is 0.364. The van der Waals surface area contributed by atoms with Crippen LogP contribution in [0.1, 0.15) is 19.4 Å². The lowest BCUT2D eigenvalue weighted by Crippen LogP contribution is -2.16. The van der Waals surface area contributed by atoms with Crippen molar-refractivity contribution in [1.82, 2.24) is 9.78 Å². The molecular weight excluding hydrogens is 256 g/mol. The van der Waals surface area contributed by atoms with E-state index >= 15 is 0 Å². The van der Waals surface area contributed by atoms with Gasteiger partial charge in [-0.05, 0) is 26.0 Å². The molecule has 0 fully saturated rings. The maximum absolute atomic E-state index is 10.1. The lowest BCUT2D eigenvalue weighted by molar-refractivity contribution is 0.0799. The highest BCUT2D eigenvalue weighted by atomic mass is 79.9. The summed E-state index contributed by atoms with van der Waals surface area (Å²) in [4.78, 5) is 0. The van der Waals surface area contributed by atoms with Crippen molar-refractivity contribution in [2.75, 3.05) is 0 Å². The van der Waals surface area contributed by atoms with E-state index in [4.69, 9.17) is 0 Å². The van der Waals surface area contributed by atoms with Gasteiger partial charge in [-0.25, -0.2) is 0 Å². The maximum Gasteiger partial charge on any atom is 0.0984 e. The minimum absolute atomic E-state index is 0.840. The molecule has 1 heterocycles. The van der Waals surface area contributed by atoms with Gasteiger partial charge in [-0.2, -0.15) is 5.10 Å². The monoisotopic (exact) mass is 268 g/mol. The summed E-state index contributed by atoms with van der Waals surface area (Å²) in [5.41, 5.74) is 0.816. The number of hydrogen-bond donors (Lipinski definition) is 1. The van der Waals surface area contributed by atoms with Crippen LogP contribution in [0.25, 0.3) is 10.9 Å². The molecule has 15 heavy (non-hydrogen) atoms. The predicted molar refractivity (Wildman–Crippen MR) is 63.7 cm³/mol. The van der Waals surface area contributed by atoms with Gasteiger partial charge in [0, 0.05) is 28.7 Å². The minimum Gasteiger partial charge on any atom is -0.386 e. The van der Waals surface area contributed by atoms with Crippen molar-refractivity contribution >= 4 is 26.8 Å². The van der Waals surface area contributed by atoms with E-state index in [0.717, 1.165) is 20.9 Å². The number of aliphatic hydroxyl groups is 1. The second-order valence-corrected chi connectivity index (χ2v) is 5.17. The summed E-state index contributed by atoms with van der Waals surface area (Å²) < 4.78 is 2.71. The molecule has 4 heteroatoms. The summed E-state index contributed by atoms with van der Waals surface area (Å²) in [5, 5.41) is 15.4. The van der Waals surface area contributed by atoms with Crippen molar-refractivity contribution in [3.63, 3.8) is 0 Å². The topological polar surface area (TPSA) is 38.0 Å². The molecule has 1 aromatic heterocycles. The number of halogens is 1. The fourth-order valence-electron chi connectivity index (χ4n) is 1.68. The van der Waals surface area contributed by atoms with Gasteiger partial charge in [-0.15, -0.1) is 0 Å². The van der Waals surface area contributed by atoms with E-state index in [1.807, 2.05) is 25.4 Å². The number of aryl methyl sites for hydroxylation is 1. The molecule has 1 N–H and O–H groups in total. The average Bonchev–Trinajstić information content (AvgIpc) is 2.41. The zero-order chi connectivity index (χ0) is 11.2. The number of rotatable bonds is 1. The third kappa shape index (κ3) is 1.92. The largest absolute Gasteiger partial charge is 0.386 e. The Kier molecular flexibility index (Phi) is 2.35. The molecule has 0 aliphatic carbocycles. The van der Waals surface area contributed by atoms with E-state index < -0.39 is 5.60 Å². The molecule has 0 bridgehead atoms. The van der Waals surface area contributed by atoms with Gasteiger partial charge >= 0.3 is 0 Å². The Bertz CT molecular complexity index is 511. The first-order valence-corrected chi connectivity index (χ1v) is 5.53. The Labute approximate surface area is 96.8 Å². The summed E-state index contributed by atoms with van der Waals surface area (Å²) in [7, 11) is 1.88. The van der Waals surface area contributed by atoms with Gasteiger partial charge in [0.25, 0.3) is 0 Å². The van der Waals surface area contributed by atoms with E-state index in [2.05, 4.69) is 21.0 Å². The minimum atomic E-state index is -0.879. The lowest BCUT2D eigenvalue weighted by atomic mass is 9.96. The summed E-state index contributed by atoms with van der Waals surface area (Å²) in [6, 6.07) is 3.91. The fourth-order valence-corrected chi connectivity index (χ4v) is 2.16. The van der Waals surface area contributed by atoms with Crippen LogP contribution in [0.5, 0.6) is 0 Å². The highest BCUT2D eigenvalue weighted by molar-refractivity contribution is 9.10. The molecule has 0 aliphatic heterocycles. The molecule has 0 spiro atoms. The second-order valence-electron chi connectivity index (χ2n) is 4.25. The number of benzene rings is 1. The zero-order valence-corrected chi connectivity index (χ0v) is 10.5. The molecule has 0 atom stereocenters. The average molecular weight is 269 g/mol. The number of hydrogen-bond acceptors (Lipinski definition) is 2. The van der Waals surface area contributed by atoms with E-state index in [0.29, 0.717) is 0 Å². The second kappa shape index (κ2) is 3.32. The van der Waals surface area contributed by atoms with Crippen molar-refractivity contribution in [3.05, 3.63) is 28.4 Å². The van der Waals surface area contributed by atoms with Crippen LogP contribution in [0.4, 0.5) is 0 Å². The zero-order valence-electron chi connectivity index (χ0n) is 8.95. The molecule has 80 valence electrons. The normalized spacial score (nSPS) is 12.3. The van der Waals surface area contributed by atoms with Crippen molar-refractivity contribution in [2.45, 2.75) is 19.4 Å². The van der Waals surface area contributed by atoms with Gasteiger partial charge in [-0.3, -0.25) is 4.68 Å². The molecule has 0 saturated carbocycles. The summed E-state index contributed by atoms with van der Waals surface area (Å²) >= 11 is 3.44. The van der Waals surface area contributed by atoms with Gasteiger partial charge in [-0.1, -0.05) is 15.9 Å². The number of nitrogens with zero attached hydrogens (tertiary/aromatic N) is 2. The smallest absolute Gasteiger partial charge is 0.0984 e. The molecule has 2 aromatic rings. The van der Waals surface area contributed by atoms with Crippen LogP contribution in [0, 0.1) is 0 Å². The van der Waals surface area contributed by atoms with Crippen molar-refractivity contribution in [2.24, 2.45) is 7.05 Å². The lowest BCUT2D eigenvalue weighted by Gasteiger charge is -2.18. The first-order valence-electron chi connectivity index (χ1n) is 4.73. The Morgan fingerprint density at radius 3 is 2.67 bits per heavy atom. The van der Waals surface area contributed by atoms with E-state index in [1.165, 1.54) is 0 Å². The maximum atomic E-state index is 10.1. The molecule has 0 saturated heterocycles.